The first-order valence-electron chi connectivity index (χ1n) is 6.22. The molecule has 1 aromatic carbocycles. The largest absolute Gasteiger partial charge is 0.418 e. The predicted molar refractivity (Wildman–Crippen MR) is 76.6 cm³/mol. The molecule has 0 spiro atoms. The number of nitrogens with zero attached hydrogens (tertiary/aromatic N) is 1. The number of carbonyl (C=O) groups excluding carboxylic acids is 2. The maximum absolute atomic E-state index is 12.9. The second-order valence-electron chi connectivity index (χ2n) is 4.70. The molecule has 0 aromatic heterocycles. The maximum Gasteiger partial charge on any atom is 0.418 e. The summed E-state index contributed by atoms with van der Waals surface area (Å²) in [6, 6.07) is 2.87. The Kier molecular flexibility index (Phi) is 6.19. The zero-order valence-electron chi connectivity index (χ0n) is 11.9. The van der Waals surface area contributed by atoms with Crippen molar-refractivity contribution in [3.8, 4) is 0 Å². The molecule has 0 atom stereocenters. The highest BCUT2D eigenvalue weighted by atomic mass is 35.5. The van der Waals surface area contributed by atoms with Gasteiger partial charge in [-0.15, -0.1) is 0 Å². The fraction of sp³-hybridized carbons (Fsp3) is 0.385. The lowest BCUT2D eigenvalue weighted by atomic mass is 10.1. The number of hydrogen-bond acceptors (Lipinski definition) is 3. The zero-order chi connectivity index (χ0) is 16.9. The molecule has 2 amide bonds. The quantitative estimate of drug-likeness (QED) is 0.826. The second kappa shape index (κ2) is 7.46. The topological polar surface area (TPSA) is 61.4 Å². The van der Waals surface area contributed by atoms with Crippen molar-refractivity contribution < 1.29 is 22.8 Å². The van der Waals surface area contributed by atoms with Crippen LogP contribution in [-0.2, 0) is 15.8 Å². The number of benzene rings is 1. The van der Waals surface area contributed by atoms with Crippen LogP contribution in [0.2, 0.25) is 5.02 Å². The molecule has 5 nitrogen and oxygen atoms in total. The van der Waals surface area contributed by atoms with Gasteiger partial charge in [0, 0.05) is 18.1 Å². The smallest absolute Gasteiger partial charge is 0.347 e. The minimum absolute atomic E-state index is 0.124. The molecule has 1 rings (SSSR count). The van der Waals surface area contributed by atoms with Crippen LogP contribution in [0.3, 0.4) is 0 Å². The molecule has 0 bridgehead atoms. The van der Waals surface area contributed by atoms with E-state index >= 15 is 0 Å². The van der Waals surface area contributed by atoms with Gasteiger partial charge in [-0.1, -0.05) is 11.6 Å². The van der Waals surface area contributed by atoms with Crippen LogP contribution >= 0.6 is 11.6 Å². The van der Waals surface area contributed by atoms with E-state index in [2.05, 4.69) is 5.32 Å². The van der Waals surface area contributed by atoms with E-state index in [1.165, 1.54) is 6.07 Å². The van der Waals surface area contributed by atoms with Crippen LogP contribution in [0.4, 0.5) is 18.9 Å². The maximum atomic E-state index is 12.9. The third kappa shape index (κ3) is 5.53. The van der Waals surface area contributed by atoms with Crippen LogP contribution in [0.25, 0.3) is 0 Å². The first kappa shape index (κ1) is 18.2. The van der Waals surface area contributed by atoms with Gasteiger partial charge in [-0.25, -0.2) is 0 Å². The standard InChI is InChI=1S/C13H15ClF3N3O2/c1-20(2)6-5-18-11(21)12(22)19-10-4-3-8(14)7-9(10)13(15,16)17/h3-4,7H,5-6H2,1-2H3,(H,18,21)(H,19,22). The Morgan fingerprint density at radius 1 is 1.23 bits per heavy atom. The lowest BCUT2D eigenvalue weighted by molar-refractivity contribution is -0.138. The highest BCUT2D eigenvalue weighted by molar-refractivity contribution is 6.39. The van der Waals surface area contributed by atoms with E-state index in [-0.39, 0.29) is 11.6 Å². The van der Waals surface area contributed by atoms with Crippen molar-refractivity contribution in [1.82, 2.24) is 10.2 Å². The third-order valence-electron chi connectivity index (χ3n) is 2.59. The SMILES string of the molecule is CN(C)CCNC(=O)C(=O)Nc1ccc(Cl)cc1C(F)(F)F. The molecule has 1 aromatic rings. The number of amides is 2. The highest BCUT2D eigenvalue weighted by Gasteiger charge is 2.34. The first-order valence-corrected chi connectivity index (χ1v) is 6.59. The summed E-state index contributed by atoms with van der Waals surface area (Å²) < 4.78 is 38.6. The molecule has 9 heteroatoms. The van der Waals surface area contributed by atoms with E-state index in [0.717, 1.165) is 6.07 Å². The number of anilines is 1. The van der Waals surface area contributed by atoms with Crippen molar-refractivity contribution in [2.75, 3.05) is 32.5 Å². The summed E-state index contributed by atoms with van der Waals surface area (Å²) >= 11 is 5.52. The fourth-order valence-corrected chi connectivity index (χ4v) is 1.68. The van der Waals surface area contributed by atoms with Gasteiger partial charge in [0.05, 0.1) is 11.3 Å². The van der Waals surface area contributed by atoms with E-state index < -0.39 is 29.2 Å². The van der Waals surface area contributed by atoms with E-state index in [0.29, 0.717) is 12.6 Å². The van der Waals surface area contributed by atoms with Crippen LogP contribution in [-0.4, -0.2) is 43.9 Å². The molecule has 22 heavy (non-hydrogen) atoms. The summed E-state index contributed by atoms with van der Waals surface area (Å²) in [6.07, 6.45) is -4.70. The Balaban J connectivity index is 2.78. The number of hydrogen-bond donors (Lipinski definition) is 2. The third-order valence-corrected chi connectivity index (χ3v) is 2.82. The van der Waals surface area contributed by atoms with Gasteiger partial charge in [0.25, 0.3) is 0 Å². The predicted octanol–water partition coefficient (Wildman–Crippen LogP) is 1.98. The summed E-state index contributed by atoms with van der Waals surface area (Å²) in [5.41, 5.74) is -1.64. The Bertz CT molecular complexity index is 562. The van der Waals surface area contributed by atoms with Crippen LogP contribution in [0.5, 0.6) is 0 Å². The minimum atomic E-state index is -4.70. The Morgan fingerprint density at radius 2 is 1.86 bits per heavy atom. The average Bonchev–Trinajstić information content (AvgIpc) is 2.39. The van der Waals surface area contributed by atoms with E-state index in [4.69, 9.17) is 11.6 Å². The summed E-state index contributed by atoms with van der Waals surface area (Å²) in [5.74, 6) is -2.18. The molecule has 0 saturated carbocycles. The van der Waals surface area contributed by atoms with Gasteiger partial charge in [0.2, 0.25) is 0 Å². The molecule has 0 aliphatic carbocycles. The van der Waals surface area contributed by atoms with Crippen LogP contribution < -0.4 is 10.6 Å². The molecular formula is C13H15ClF3N3O2. The van der Waals surface area contributed by atoms with Gasteiger partial charge in [-0.2, -0.15) is 13.2 Å². The number of carbonyl (C=O) groups is 2. The number of nitrogens with one attached hydrogen (secondary N) is 2. The molecule has 0 aliphatic heterocycles. The molecule has 0 unspecified atom stereocenters. The number of alkyl halides is 3. The van der Waals surface area contributed by atoms with Gasteiger partial charge in [0.1, 0.15) is 0 Å². The molecule has 2 N–H and O–H groups in total. The molecule has 0 fully saturated rings. The first-order chi connectivity index (χ1) is 10.1. The Labute approximate surface area is 130 Å². The second-order valence-corrected chi connectivity index (χ2v) is 5.14. The van der Waals surface area contributed by atoms with Gasteiger partial charge < -0.3 is 15.5 Å². The molecular weight excluding hydrogens is 323 g/mol. The fourth-order valence-electron chi connectivity index (χ4n) is 1.51. The van der Waals surface area contributed by atoms with Crippen molar-refractivity contribution in [1.29, 1.82) is 0 Å². The summed E-state index contributed by atoms with van der Waals surface area (Å²) in [6.45, 7) is 0.694. The van der Waals surface area contributed by atoms with Crippen LogP contribution in [0, 0.1) is 0 Å². The van der Waals surface area contributed by atoms with Crippen molar-refractivity contribution in [3.63, 3.8) is 0 Å². The summed E-state index contributed by atoms with van der Waals surface area (Å²) in [4.78, 5) is 24.9. The molecule has 122 valence electrons. The van der Waals surface area contributed by atoms with Crippen LogP contribution in [0.1, 0.15) is 5.56 Å². The Morgan fingerprint density at radius 3 is 2.41 bits per heavy atom. The molecule has 0 radical (unpaired) electrons. The summed E-state index contributed by atoms with van der Waals surface area (Å²) in [5, 5.41) is 4.12. The van der Waals surface area contributed by atoms with Crippen molar-refractivity contribution in [2.45, 2.75) is 6.18 Å². The normalized spacial score (nSPS) is 11.4. The lowest BCUT2D eigenvalue weighted by Gasteiger charge is -2.14. The zero-order valence-corrected chi connectivity index (χ0v) is 12.7. The number of likely N-dealkylation sites (N-methyl/N-ethyl adjacent to an activating group) is 1. The van der Waals surface area contributed by atoms with Crippen molar-refractivity contribution in [2.24, 2.45) is 0 Å². The number of halogens is 4. The van der Waals surface area contributed by atoms with E-state index in [9.17, 15) is 22.8 Å². The minimum Gasteiger partial charge on any atom is -0.347 e. The van der Waals surface area contributed by atoms with Gasteiger partial charge in [-0.3, -0.25) is 9.59 Å². The van der Waals surface area contributed by atoms with E-state index in [1.807, 2.05) is 5.32 Å². The lowest BCUT2D eigenvalue weighted by Crippen LogP contribution is -2.39. The Hall–Kier alpha value is -1.80. The van der Waals surface area contributed by atoms with Gasteiger partial charge >= 0.3 is 18.0 Å². The number of rotatable bonds is 4. The van der Waals surface area contributed by atoms with Crippen molar-refractivity contribution >= 4 is 29.1 Å². The average molecular weight is 338 g/mol. The van der Waals surface area contributed by atoms with Crippen molar-refractivity contribution in [3.05, 3.63) is 28.8 Å². The van der Waals surface area contributed by atoms with Crippen LogP contribution in [0.15, 0.2) is 18.2 Å². The summed E-state index contributed by atoms with van der Waals surface area (Å²) in [7, 11) is 3.55. The van der Waals surface area contributed by atoms with Gasteiger partial charge in [-0.05, 0) is 32.3 Å². The van der Waals surface area contributed by atoms with E-state index in [1.54, 1.807) is 19.0 Å². The monoisotopic (exact) mass is 337 g/mol. The highest BCUT2D eigenvalue weighted by Crippen LogP contribution is 2.36. The van der Waals surface area contributed by atoms with Gasteiger partial charge in [0.15, 0.2) is 0 Å². The molecule has 0 saturated heterocycles. The molecule has 0 heterocycles. The molecule has 0 aliphatic rings.